The standard InChI is InChI=1S/C13H11BrFNO3.C13H9BrFNO3.B.Na.H/c2*1-6-5-19-13-11(14)9(15)3-8-7(4-17)2-10(18)16(6)12(8)13;;;/h2-3,6,17H,4-5H2,1H3;2-4,6H,5H2,1H3;;;/q;;;+1;-1. The van der Waals surface area contributed by atoms with E-state index in [0.29, 0.717) is 46.0 Å². The van der Waals surface area contributed by atoms with E-state index in [1.54, 1.807) is 4.57 Å². The van der Waals surface area contributed by atoms with Crippen LogP contribution in [-0.2, 0) is 6.61 Å². The number of benzene rings is 2. The molecule has 4 aromatic rings. The van der Waals surface area contributed by atoms with Gasteiger partial charge in [0.05, 0.1) is 38.7 Å². The predicted octanol–water partition coefficient (Wildman–Crippen LogP) is 1.75. The fourth-order valence-electron chi connectivity index (χ4n) is 4.85. The van der Waals surface area contributed by atoms with Crippen LogP contribution in [0.15, 0.2) is 42.8 Å². The zero-order valence-electron chi connectivity index (χ0n) is 22.6. The maximum atomic E-state index is 13.9. The van der Waals surface area contributed by atoms with Gasteiger partial charge in [-0.1, -0.05) is 0 Å². The Hall–Kier alpha value is -2.03. The number of hydrogen-bond acceptors (Lipinski definition) is 6. The average Bonchev–Trinajstić information content (AvgIpc) is 2.89. The molecule has 3 radical (unpaired) electrons. The Morgan fingerprint density at radius 2 is 1.38 bits per heavy atom. The molecule has 6 rings (SSSR count). The molecule has 0 saturated heterocycles. The molecule has 40 heavy (non-hydrogen) atoms. The summed E-state index contributed by atoms with van der Waals surface area (Å²) in [6.45, 7) is 3.97. The van der Waals surface area contributed by atoms with Crippen LogP contribution in [-0.4, -0.2) is 42.2 Å². The summed E-state index contributed by atoms with van der Waals surface area (Å²) < 4.78 is 42.3. The number of aldehydes is 1. The molecule has 2 aliphatic heterocycles. The molecule has 0 fully saturated rings. The van der Waals surface area contributed by atoms with Crippen molar-refractivity contribution < 1.29 is 59.1 Å². The summed E-state index contributed by atoms with van der Waals surface area (Å²) >= 11 is 6.26. The normalized spacial score (nSPS) is 16.6. The van der Waals surface area contributed by atoms with Crippen molar-refractivity contribution in [3.05, 3.63) is 76.7 Å². The van der Waals surface area contributed by atoms with Crippen molar-refractivity contribution in [3.63, 3.8) is 0 Å². The molecule has 0 saturated carbocycles. The number of pyridine rings is 2. The van der Waals surface area contributed by atoms with E-state index in [1.165, 1.54) is 28.8 Å². The Labute approximate surface area is 268 Å². The molecule has 0 amide bonds. The first-order valence-corrected chi connectivity index (χ1v) is 13.1. The summed E-state index contributed by atoms with van der Waals surface area (Å²) in [4.78, 5) is 35.3. The molecule has 2 atom stereocenters. The minimum absolute atomic E-state index is 0. The third-order valence-electron chi connectivity index (χ3n) is 6.61. The topological polar surface area (TPSA) is 99.8 Å². The molecule has 2 aromatic heterocycles. The van der Waals surface area contributed by atoms with Gasteiger partial charge in [0.15, 0.2) is 17.8 Å². The second-order valence-electron chi connectivity index (χ2n) is 9.08. The van der Waals surface area contributed by atoms with Gasteiger partial charge in [-0.2, -0.15) is 0 Å². The van der Waals surface area contributed by atoms with E-state index >= 15 is 0 Å². The molecule has 4 heterocycles. The van der Waals surface area contributed by atoms with Crippen molar-refractivity contribution >= 4 is 68.4 Å². The second-order valence-corrected chi connectivity index (χ2v) is 10.7. The van der Waals surface area contributed by atoms with Gasteiger partial charge in [-0.05, 0) is 63.4 Å². The van der Waals surface area contributed by atoms with Crippen LogP contribution in [0.1, 0.15) is 43.3 Å². The van der Waals surface area contributed by atoms with Gasteiger partial charge in [-0.3, -0.25) is 23.5 Å². The first-order chi connectivity index (χ1) is 18.1. The van der Waals surface area contributed by atoms with E-state index in [9.17, 15) is 28.3 Å². The second kappa shape index (κ2) is 12.5. The zero-order valence-corrected chi connectivity index (χ0v) is 26.8. The molecule has 1 N–H and O–H groups in total. The van der Waals surface area contributed by atoms with Gasteiger partial charge in [0, 0.05) is 36.9 Å². The number of carbonyl (C=O) groups is 1. The molecule has 14 heteroatoms. The van der Waals surface area contributed by atoms with Gasteiger partial charge in [-0.15, -0.1) is 0 Å². The number of aliphatic hydroxyl groups excluding tert-OH is 1. The van der Waals surface area contributed by atoms with E-state index < -0.39 is 11.6 Å². The summed E-state index contributed by atoms with van der Waals surface area (Å²) in [5, 5.41) is 10.2. The van der Waals surface area contributed by atoms with Gasteiger partial charge < -0.3 is 16.0 Å². The maximum absolute atomic E-state index is 13.9. The summed E-state index contributed by atoms with van der Waals surface area (Å²) in [5.74, 6) is -0.406. The van der Waals surface area contributed by atoms with Gasteiger partial charge in [0.2, 0.25) is 0 Å². The van der Waals surface area contributed by atoms with E-state index in [-0.39, 0.29) is 96.1 Å². The molecule has 2 aliphatic rings. The Bertz CT molecular complexity index is 1790. The molecular formula is C26H21BBr2F2N2NaO6. The quantitative estimate of drug-likeness (QED) is 0.255. The van der Waals surface area contributed by atoms with Crippen LogP contribution in [0.3, 0.4) is 0 Å². The minimum atomic E-state index is -0.523. The summed E-state index contributed by atoms with van der Waals surface area (Å²) in [6, 6.07) is 4.83. The Balaban J connectivity index is 0.000000267. The predicted molar refractivity (Wildman–Crippen MR) is 150 cm³/mol. The van der Waals surface area contributed by atoms with Gasteiger partial charge >= 0.3 is 29.6 Å². The molecule has 0 spiro atoms. The molecule has 203 valence electrons. The van der Waals surface area contributed by atoms with Crippen molar-refractivity contribution in [2.24, 2.45) is 0 Å². The smallest absolute Gasteiger partial charge is 1.00 e. The van der Waals surface area contributed by atoms with E-state index in [0.717, 1.165) is 0 Å². The largest absolute Gasteiger partial charge is 1.00 e. The number of hydrogen-bond donors (Lipinski definition) is 1. The molecule has 2 aromatic carbocycles. The average molecular weight is 689 g/mol. The minimum Gasteiger partial charge on any atom is -1.00 e. The first-order valence-electron chi connectivity index (χ1n) is 11.5. The Kier molecular flexibility index (Phi) is 10.1. The number of aliphatic hydroxyl groups is 1. The van der Waals surface area contributed by atoms with Crippen LogP contribution in [0.4, 0.5) is 8.78 Å². The van der Waals surface area contributed by atoms with Gasteiger partial charge in [0.1, 0.15) is 24.8 Å². The maximum Gasteiger partial charge on any atom is 1.00 e. The van der Waals surface area contributed by atoms with Crippen molar-refractivity contribution in [1.29, 1.82) is 0 Å². The summed E-state index contributed by atoms with van der Waals surface area (Å²) in [7, 11) is 0. The van der Waals surface area contributed by atoms with Crippen LogP contribution in [0.5, 0.6) is 11.5 Å². The monoisotopic (exact) mass is 687 g/mol. The molecule has 2 unspecified atom stereocenters. The fourth-order valence-corrected chi connectivity index (χ4v) is 5.68. The SMILES string of the molecule is CC1COc2c(Br)c(F)cc3c(C=O)cc(=O)n1c23.CC1COc2c(Br)c(F)cc3c(CO)cc(=O)n1c23.[B].[H-].[Na+]. The third kappa shape index (κ3) is 5.20. The zero-order chi connectivity index (χ0) is 27.5. The molecular weight excluding hydrogens is 668 g/mol. The van der Waals surface area contributed by atoms with Crippen LogP contribution < -0.4 is 50.1 Å². The van der Waals surface area contributed by atoms with Crippen molar-refractivity contribution in [2.45, 2.75) is 32.5 Å². The van der Waals surface area contributed by atoms with E-state index in [4.69, 9.17) is 9.47 Å². The van der Waals surface area contributed by atoms with Crippen molar-refractivity contribution in [3.8, 4) is 11.5 Å². The Morgan fingerprint density at radius 3 is 1.85 bits per heavy atom. The summed E-state index contributed by atoms with van der Waals surface area (Å²) in [5.41, 5.74) is 1.06. The van der Waals surface area contributed by atoms with Crippen LogP contribution in [0, 0.1) is 11.6 Å². The number of ether oxygens (including phenoxy) is 2. The van der Waals surface area contributed by atoms with Crippen molar-refractivity contribution in [1.82, 2.24) is 9.13 Å². The van der Waals surface area contributed by atoms with Crippen LogP contribution >= 0.6 is 31.9 Å². The summed E-state index contributed by atoms with van der Waals surface area (Å²) in [6.07, 6.45) is 0.553. The molecule has 0 bridgehead atoms. The third-order valence-corrected chi connectivity index (χ3v) is 8.09. The van der Waals surface area contributed by atoms with Gasteiger partial charge in [-0.25, -0.2) is 8.78 Å². The number of carbonyl (C=O) groups excluding carboxylic acids is 1. The van der Waals surface area contributed by atoms with Crippen LogP contribution in [0.25, 0.3) is 21.8 Å². The van der Waals surface area contributed by atoms with E-state index in [2.05, 4.69) is 31.9 Å². The first kappa shape index (κ1) is 32.5. The fraction of sp³-hybridized carbons (Fsp3) is 0.269. The number of halogens is 4. The number of aromatic nitrogens is 2. The number of rotatable bonds is 2. The van der Waals surface area contributed by atoms with E-state index in [1.807, 2.05) is 13.8 Å². The van der Waals surface area contributed by atoms with Crippen molar-refractivity contribution in [2.75, 3.05) is 13.2 Å². The van der Waals surface area contributed by atoms with Crippen LogP contribution in [0.2, 0.25) is 0 Å². The van der Waals surface area contributed by atoms with Gasteiger partial charge in [0.25, 0.3) is 11.1 Å². The molecule has 0 aliphatic carbocycles. The molecule has 8 nitrogen and oxygen atoms in total. The number of nitrogens with zero attached hydrogens (tertiary/aromatic N) is 2. The Morgan fingerprint density at radius 1 is 0.925 bits per heavy atom.